The van der Waals surface area contributed by atoms with E-state index in [4.69, 9.17) is 0 Å². The molecule has 0 unspecified atom stereocenters. The van der Waals surface area contributed by atoms with Gasteiger partial charge in [0.2, 0.25) is 0 Å². The lowest BCUT2D eigenvalue weighted by molar-refractivity contribution is -0.128. The molecule has 0 bridgehead atoms. The van der Waals surface area contributed by atoms with Gasteiger partial charge in [-0.2, -0.15) is 13.2 Å². The van der Waals surface area contributed by atoms with Gasteiger partial charge in [-0.25, -0.2) is 9.97 Å². The molecule has 0 saturated carbocycles. The van der Waals surface area contributed by atoms with Crippen molar-refractivity contribution >= 4 is 0 Å². The lowest BCUT2D eigenvalue weighted by Gasteiger charge is -2.18. The molecule has 2 heterocycles. The summed E-state index contributed by atoms with van der Waals surface area (Å²) in [6.45, 7) is 3.13. The number of nitrogens with zero attached hydrogens (tertiary/aromatic N) is 2. The first-order valence-corrected chi connectivity index (χ1v) is 5.08. The Balaban J connectivity index is 2.32. The molecule has 3 nitrogen and oxygen atoms in total. The zero-order chi connectivity index (χ0) is 11.8. The zero-order valence-electron chi connectivity index (χ0n) is 8.86. The number of hydrogen-bond donors (Lipinski definition) is 1. The van der Waals surface area contributed by atoms with Crippen molar-refractivity contribution in [2.45, 2.75) is 32.5 Å². The van der Waals surface area contributed by atoms with E-state index in [1.807, 2.05) is 0 Å². The van der Waals surface area contributed by atoms with Crippen molar-refractivity contribution in [3.63, 3.8) is 0 Å². The molecule has 0 spiro atoms. The normalized spacial score (nSPS) is 16.0. The number of aromatic nitrogens is 2. The Morgan fingerprint density at radius 1 is 1.31 bits per heavy atom. The van der Waals surface area contributed by atoms with Gasteiger partial charge in [-0.1, -0.05) is 0 Å². The van der Waals surface area contributed by atoms with E-state index in [-0.39, 0.29) is 5.82 Å². The summed E-state index contributed by atoms with van der Waals surface area (Å²) in [6, 6.07) is 0. The van der Waals surface area contributed by atoms with E-state index in [1.54, 1.807) is 6.92 Å². The first-order valence-electron chi connectivity index (χ1n) is 5.08. The minimum absolute atomic E-state index is 0.120. The van der Waals surface area contributed by atoms with Crippen LogP contribution in [-0.4, -0.2) is 22.7 Å². The maximum absolute atomic E-state index is 12.2. The van der Waals surface area contributed by atoms with Gasteiger partial charge in [0.15, 0.2) is 0 Å². The third-order valence-electron chi connectivity index (χ3n) is 2.54. The van der Waals surface area contributed by atoms with Crippen molar-refractivity contribution in [1.82, 2.24) is 15.3 Å². The molecule has 0 amide bonds. The van der Waals surface area contributed by atoms with Crippen molar-refractivity contribution in [1.29, 1.82) is 0 Å². The van der Waals surface area contributed by atoms with Crippen LogP contribution in [0.5, 0.6) is 0 Å². The monoisotopic (exact) mass is 231 g/mol. The second-order valence-corrected chi connectivity index (χ2v) is 3.87. The third-order valence-corrected chi connectivity index (χ3v) is 2.54. The molecule has 0 saturated heterocycles. The van der Waals surface area contributed by atoms with Gasteiger partial charge in [0.25, 0.3) is 0 Å². The Hall–Kier alpha value is -1.17. The Labute approximate surface area is 91.1 Å². The molecule has 2 rings (SSSR count). The molecule has 16 heavy (non-hydrogen) atoms. The summed E-state index contributed by atoms with van der Waals surface area (Å²) in [5.41, 5.74) is 2.35. The Bertz CT molecular complexity index is 401. The quantitative estimate of drug-likeness (QED) is 0.796. The van der Waals surface area contributed by atoms with Crippen LogP contribution in [0.25, 0.3) is 0 Å². The van der Waals surface area contributed by atoms with Gasteiger partial charge in [0.05, 0.1) is 5.69 Å². The van der Waals surface area contributed by atoms with E-state index in [0.717, 1.165) is 17.8 Å². The number of alkyl halides is 3. The van der Waals surface area contributed by atoms with Crippen LogP contribution in [0, 0.1) is 6.92 Å². The standard InChI is InChI=1S/C10H12F3N3/c1-6-7-5-14-3-2-8(7)16-9(15-6)4-10(11,12)13/h14H,2-5H2,1H3. The summed E-state index contributed by atoms with van der Waals surface area (Å²) in [5, 5.41) is 3.15. The smallest absolute Gasteiger partial charge is 0.312 e. The van der Waals surface area contributed by atoms with Gasteiger partial charge in [0.1, 0.15) is 12.2 Å². The largest absolute Gasteiger partial charge is 0.396 e. The number of aryl methyl sites for hydroxylation is 1. The topological polar surface area (TPSA) is 37.8 Å². The number of rotatable bonds is 1. The molecule has 1 aliphatic rings. The molecule has 1 N–H and O–H groups in total. The maximum Gasteiger partial charge on any atom is 0.396 e. The molecular formula is C10H12F3N3. The van der Waals surface area contributed by atoms with Crippen molar-refractivity contribution in [2.24, 2.45) is 0 Å². The number of hydrogen-bond acceptors (Lipinski definition) is 3. The van der Waals surface area contributed by atoms with Crippen molar-refractivity contribution in [3.8, 4) is 0 Å². The van der Waals surface area contributed by atoms with Gasteiger partial charge in [0, 0.05) is 30.8 Å². The molecule has 0 radical (unpaired) electrons. The van der Waals surface area contributed by atoms with Crippen LogP contribution in [0.4, 0.5) is 13.2 Å². The zero-order valence-corrected chi connectivity index (χ0v) is 8.86. The average molecular weight is 231 g/mol. The second kappa shape index (κ2) is 4.01. The molecule has 6 heteroatoms. The number of fused-ring (bicyclic) bond motifs is 1. The van der Waals surface area contributed by atoms with Crippen molar-refractivity contribution in [3.05, 3.63) is 22.8 Å². The molecule has 0 atom stereocenters. The third kappa shape index (κ3) is 2.49. The predicted molar refractivity (Wildman–Crippen MR) is 51.9 cm³/mol. The van der Waals surface area contributed by atoms with Crippen LogP contribution in [0.2, 0.25) is 0 Å². The maximum atomic E-state index is 12.2. The van der Waals surface area contributed by atoms with Gasteiger partial charge in [-0.15, -0.1) is 0 Å². The molecule has 1 aromatic rings. The van der Waals surface area contributed by atoms with E-state index < -0.39 is 12.6 Å². The molecule has 0 aromatic carbocycles. The van der Waals surface area contributed by atoms with E-state index in [2.05, 4.69) is 15.3 Å². The van der Waals surface area contributed by atoms with Crippen LogP contribution >= 0.6 is 0 Å². The highest BCUT2D eigenvalue weighted by molar-refractivity contribution is 5.27. The van der Waals surface area contributed by atoms with Crippen LogP contribution in [0.3, 0.4) is 0 Å². The fourth-order valence-electron chi connectivity index (χ4n) is 1.83. The summed E-state index contributed by atoms with van der Waals surface area (Å²) in [4.78, 5) is 7.89. The van der Waals surface area contributed by atoms with E-state index in [9.17, 15) is 13.2 Å². The number of halogens is 3. The Morgan fingerprint density at radius 2 is 2.06 bits per heavy atom. The predicted octanol–water partition coefficient (Wildman–Crippen LogP) is 1.54. The van der Waals surface area contributed by atoms with E-state index in [0.29, 0.717) is 18.7 Å². The summed E-state index contributed by atoms with van der Waals surface area (Å²) in [6.07, 6.45) is -4.62. The van der Waals surface area contributed by atoms with Crippen LogP contribution < -0.4 is 5.32 Å². The summed E-state index contributed by atoms with van der Waals surface area (Å²) < 4.78 is 36.6. The van der Waals surface area contributed by atoms with Crippen LogP contribution in [0.1, 0.15) is 22.8 Å². The summed E-state index contributed by atoms with van der Waals surface area (Å²) in [5.74, 6) is -0.120. The van der Waals surface area contributed by atoms with Gasteiger partial charge in [-0.05, 0) is 6.92 Å². The average Bonchev–Trinajstić information content (AvgIpc) is 2.15. The molecule has 0 aliphatic carbocycles. The summed E-state index contributed by atoms with van der Waals surface area (Å²) in [7, 11) is 0. The first kappa shape index (κ1) is 11.3. The minimum Gasteiger partial charge on any atom is -0.312 e. The Morgan fingerprint density at radius 3 is 2.75 bits per heavy atom. The highest BCUT2D eigenvalue weighted by Crippen LogP contribution is 2.21. The van der Waals surface area contributed by atoms with E-state index in [1.165, 1.54) is 0 Å². The lowest BCUT2D eigenvalue weighted by Crippen LogP contribution is -2.27. The van der Waals surface area contributed by atoms with Crippen LogP contribution in [-0.2, 0) is 19.4 Å². The Kier molecular flexibility index (Phi) is 2.84. The first-order chi connectivity index (χ1) is 7.46. The van der Waals surface area contributed by atoms with Crippen LogP contribution in [0.15, 0.2) is 0 Å². The fraction of sp³-hybridized carbons (Fsp3) is 0.600. The summed E-state index contributed by atoms with van der Waals surface area (Å²) >= 11 is 0. The molecule has 1 aliphatic heterocycles. The second-order valence-electron chi connectivity index (χ2n) is 3.87. The highest BCUT2D eigenvalue weighted by Gasteiger charge is 2.30. The van der Waals surface area contributed by atoms with Gasteiger partial charge >= 0.3 is 6.18 Å². The van der Waals surface area contributed by atoms with Gasteiger partial charge in [-0.3, -0.25) is 0 Å². The number of nitrogens with one attached hydrogen (secondary N) is 1. The van der Waals surface area contributed by atoms with Gasteiger partial charge < -0.3 is 5.32 Å². The lowest BCUT2D eigenvalue weighted by atomic mass is 10.1. The highest BCUT2D eigenvalue weighted by atomic mass is 19.4. The fourth-order valence-corrected chi connectivity index (χ4v) is 1.83. The van der Waals surface area contributed by atoms with Crippen molar-refractivity contribution in [2.75, 3.05) is 6.54 Å². The van der Waals surface area contributed by atoms with E-state index >= 15 is 0 Å². The SMILES string of the molecule is Cc1nc(CC(F)(F)F)nc2c1CNCC2. The molecular weight excluding hydrogens is 219 g/mol. The van der Waals surface area contributed by atoms with Crippen molar-refractivity contribution < 1.29 is 13.2 Å². The molecule has 88 valence electrons. The minimum atomic E-state index is -4.24. The molecule has 1 aromatic heterocycles. The molecule has 0 fully saturated rings.